The molecule has 26 heavy (non-hydrogen) atoms. The number of aryl methyl sites for hydroxylation is 1. The van der Waals surface area contributed by atoms with Crippen molar-refractivity contribution in [1.29, 1.82) is 0 Å². The van der Waals surface area contributed by atoms with E-state index in [4.69, 9.17) is 5.11 Å². The molecule has 9 heteroatoms. The topological polar surface area (TPSA) is 127 Å². The first kappa shape index (κ1) is 19.3. The van der Waals surface area contributed by atoms with Crippen molar-refractivity contribution in [2.45, 2.75) is 12.7 Å². The van der Waals surface area contributed by atoms with Crippen LogP contribution >= 0.6 is 0 Å². The van der Waals surface area contributed by atoms with Crippen LogP contribution in [0.1, 0.15) is 21.5 Å². The maximum absolute atomic E-state index is 12.1. The fraction of sp³-hybridized carbons (Fsp3) is 0.176. The lowest BCUT2D eigenvalue weighted by Crippen LogP contribution is -2.20. The summed E-state index contributed by atoms with van der Waals surface area (Å²) in [7, 11) is -1.56. The van der Waals surface area contributed by atoms with E-state index in [1.54, 1.807) is 19.1 Å². The Kier molecular flexibility index (Phi) is 6.18. The predicted octanol–water partition coefficient (Wildman–Crippen LogP) is 2.49. The minimum Gasteiger partial charge on any atom is -0.478 e. The normalized spacial score (nSPS) is 11.6. The first-order valence-electron chi connectivity index (χ1n) is 7.48. The highest BCUT2D eigenvalue weighted by molar-refractivity contribution is 7.84. The molecule has 2 rings (SSSR count). The van der Waals surface area contributed by atoms with E-state index >= 15 is 0 Å². The summed E-state index contributed by atoms with van der Waals surface area (Å²) >= 11 is 0. The van der Waals surface area contributed by atoms with Crippen molar-refractivity contribution >= 4 is 34.1 Å². The number of nitrogens with zero attached hydrogens (tertiary/aromatic N) is 1. The highest BCUT2D eigenvalue weighted by Gasteiger charge is 2.14. The van der Waals surface area contributed by atoms with E-state index in [1.807, 2.05) is 0 Å². The molecule has 0 heterocycles. The molecule has 0 aliphatic heterocycles. The molecule has 136 valence electrons. The van der Waals surface area contributed by atoms with Gasteiger partial charge in [-0.2, -0.15) is 0 Å². The summed E-state index contributed by atoms with van der Waals surface area (Å²) in [5.41, 5.74) is 1.40. The van der Waals surface area contributed by atoms with Crippen LogP contribution in [0.5, 0.6) is 0 Å². The first-order valence-corrected chi connectivity index (χ1v) is 8.97. The monoisotopic (exact) mass is 376 g/mol. The van der Waals surface area contributed by atoms with Gasteiger partial charge < -0.3 is 10.4 Å². The number of amides is 1. The minimum absolute atomic E-state index is 0.0302. The molecule has 1 amide bonds. The molecule has 1 unspecified atom stereocenters. The molecule has 0 saturated heterocycles. The summed E-state index contributed by atoms with van der Waals surface area (Å²) in [6.45, 7) is 1.69. The molecule has 0 fully saturated rings. The van der Waals surface area contributed by atoms with Crippen molar-refractivity contribution in [3.05, 3.63) is 69.3 Å². The van der Waals surface area contributed by atoms with Gasteiger partial charge in [-0.15, -0.1) is 0 Å². The standard InChI is InChI=1S/C17H16N2O6S/c1-11-5-6-14(19(23)24)8-15(11)18-16(20)10-26(25)9-12-3-2-4-13(7-12)17(21)22/h2-8H,9-10H2,1H3,(H,18,20)(H,21,22). The van der Waals surface area contributed by atoms with Gasteiger partial charge >= 0.3 is 5.97 Å². The number of benzene rings is 2. The molecule has 0 radical (unpaired) electrons. The van der Waals surface area contributed by atoms with Crippen molar-refractivity contribution in [1.82, 2.24) is 0 Å². The molecule has 2 N–H and O–H groups in total. The van der Waals surface area contributed by atoms with Crippen molar-refractivity contribution in [3.63, 3.8) is 0 Å². The van der Waals surface area contributed by atoms with Crippen molar-refractivity contribution < 1.29 is 23.8 Å². The van der Waals surface area contributed by atoms with E-state index in [0.29, 0.717) is 11.1 Å². The van der Waals surface area contributed by atoms with Crippen LogP contribution in [0.4, 0.5) is 11.4 Å². The molecule has 8 nitrogen and oxygen atoms in total. The van der Waals surface area contributed by atoms with Gasteiger partial charge in [0.05, 0.1) is 16.2 Å². The van der Waals surface area contributed by atoms with Gasteiger partial charge in [0.25, 0.3) is 5.69 Å². The van der Waals surface area contributed by atoms with Gasteiger partial charge in [0, 0.05) is 28.7 Å². The van der Waals surface area contributed by atoms with Gasteiger partial charge in [0.15, 0.2) is 0 Å². The Hall–Kier alpha value is -3.07. The number of nitrogens with one attached hydrogen (secondary N) is 1. The van der Waals surface area contributed by atoms with Crippen LogP contribution in [0.2, 0.25) is 0 Å². The lowest BCUT2D eigenvalue weighted by molar-refractivity contribution is -0.384. The number of nitro benzene ring substituents is 1. The third kappa shape index (κ3) is 5.21. The summed E-state index contributed by atoms with van der Waals surface area (Å²) in [4.78, 5) is 33.2. The number of nitro groups is 1. The minimum atomic E-state index is -1.56. The maximum atomic E-state index is 12.1. The number of non-ortho nitro benzene ring substituents is 1. The molecule has 2 aromatic carbocycles. The van der Waals surface area contributed by atoms with E-state index in [1.165, 1.54) is 30.3 Å². The SMILES string of the molecule is Cc1ccc([N+](=O)[O-])cc1NC(=O)CS(=O)Cc1cccc(C(=O)O)c1. The van der Waals surface area contributed by atoms with Crippen LogP contribution in [0.25, 0.3) is 0 Å². The number of anilines is 1. The summed E-state index contributed by atoms with van der Waals surface area (Å²) < 4.78 is 12.1. The second-order valence-electron chi connectivity index (χ2n) is 5.54. The third-order valence-corrected chi connectivity index (χ3v) is 4.74. The quantitative estimate of drug-likeness (QED) is 0.565. The smallest absolute Gasteiger partial charge is 0.335 e. The van der Waals surface area contributed by atoms with E-state index in [9.17, 15) is 23.9 Å². The second-order valence-corrected chi connectivity index (χ2v) is 7.00. The maximum Gasteiger partial charge on any atom is 0.335 e. The zero-order valence-corrected chi connectivity index (χ0v) is 14.6. The molecule has 0 saturated carbocycles. The third-order valence-electron chi connectivity index (χ3n) is 3.50. The molecule has 0 bridgehead atoms. The molecule has 1 atom stereocenters. The van der Waals surface area contributed by atoms with Crippen LogP contribution in [-0.4, -0.2) is 31.9 Å². The lowest BCUT2D eigenvalue weighted by Gasteiger charge is -2.08. The van der Waals surface area contributed by atoms with Gasteiger partial charge in [0.2, 0.25) is 5.91 Å². The van der Waals surface area contributed by atoms with Gasteiger partial charge in [0.1, 0.15) is 5.75 Å². The number of carboxylic acids is 1. The summed E-state index contributed by atoms with van der Waals surface area (Å²) in [5.74, 6) is -1.90. The largest absolute Gasteiger partial charge is 0.478 e. The predicted molar refractivity (Wildman–Crippen MR) is 96.6 cm³/mol. The van der Waals surface area contributed by atoms with Gasteiger partial charge in [-0.3, -0.25) is 19.1 Å². The van der Waals surface area contributed by atoms with Crippen molar-refractivity contribution in [2.75, 3.05) is 11.1 Å². The Bertz CT molecular complexity index is 897. The molecule has 0 aromatic heterocycles. The number of hydrogen-bond donors (Lipinski definition) is 2. The zero-order valence-electron chi connectivity index (χ0n) is 13.8. The number of carbonyl (C=O) groups excluding carboxylic acids is 1. The second kappa shape index (κ2) is 8.34. The molecule has 0 aliphatic rings. The fourth-order valence-corrected chi connectivity index (χ4v) is 3.24. The molecule has 0 spiro atoms. The summed E-state index contributed by atoms with van der Waals surface area (Å²) in [6, 6.07) is 10.1. The Morgan fingerprint density at radius 2 is 1.96 bits per heavy atom. The number of rotatable bonds is 7. The highest BCUT2D eigenvalue weighted by Crippen LogP contribution is 2.21. The van der Waals surface area contributed by atoms with Crippen LogP contribution in [0.3, 0.4) is 0 Å². The Morgan fingerprint density at radius 3 is 2.62 bits per heavy atom. The van der Waals surface area contributed by atoms with Crippen LogP contribution < -0.4 is 5.32 Å². The Balaban J connectivity index is 2.00. The average Bonchev–Trinajstić information content (AvgIpc) is 2.56. The van der Waals surface area contributed by atoms with Gasteiger partial charge in [-0.1, -0.05) is 18.2 Å². The number of carboxylic acid groups (broad SMARTS) is 1. The molecule has 0 aliphatic carbocycles. The van der Waals surface area contributed by atoms with E-state index < -0.39 is 27.6 Å². The van der Waals surface area contributed by atoms with Crippen LogP contribution in [0.15, 0.2) is 42.5 Å². The Labute approximate surface area is 151 Å². The molecular weight excluding hydrogens is 360 g/mol. The molecular formula is C17H16N2O6S. The zero-order chi connectivity index (χ0) is 19.3. The highest BCUT2D eigenvalue weighted by atomic mass is 32.2. The average molecular weight is 376 g/mol. The number of aromatic carboxylic acids is 1. The van der Waals surface area contributed by atoms with Crippen LogP contribution in [-0.2, 0) is 21.3 Å². The van der Waals surface area contributed by atoms with Gasteiger partial charge in [-0.05, 0) is 30.2 Å². The lowest BCUT2D eigenvalue weighted by atomic mass is 10.1. The van der Waals surface area contributed by atoms with E-state index in [-0.39, 0.29) is 28.4 Å². The van der Waals surface area contributed by atoms with E-state index in [2.05, 4.69) is 5.32 Å². The molecule has 2 aromatic rings. The summed E-state index contributed by atoms with van der Waals surface area (Å²) in [6.07, 6.45) is 0. The first-order chi connectivity index (χ1) is 12.3. The number of hydrogen-bond acceptors (Lipinski definition) is 5. The Morgan fingerprint density at radius 1 is 1.23 bits per heavy atom. The number of carbonyl (C=O) groups is 2. The van der Waals surface area contributed by atoms with Crippen molar-refractivity contribution in [3.8, 4) is 0 Å². The summed E-state index contributed by atoms with van der Waals surface area (Å²) in [5, 5.41) is 22.3. The van der Waals surface area contributed by atoms with Crippen LogP contribution in [0, 0.1) is 17.0 Å². The van der Waals surface area contributed by atoms with E-state index in [0.717, 1.165) is 0 Å². The van der Waals surface area contributed by atoms with Gasteiger partial charge in [-0.25, -0.2) is 4.79 Å². The van der Waals surface area contributed by atoms with Crippen molar-refractivity contribution in [2.24, 2.45) is 0 Å². The fourth-order valence-electron chi connectivity index (χ4n) is 2.22.